The van der Waals surface area contributed by atoms with E-state index in [2.05, 4.69) is 6.92 Å². The summed E-state index contributed by atoms with van der Waals surface area (Å²) in [5.74, 6) is 0.717. The number of hydrogen-bond acceptors (Lipinski definition) is 2. The zero-order valence-electron chi connectivity index (χ0n) is 9.51. The Hall–Kier alpha value is -0.730. The zero-order chi connectivity index (χ0) is 11.5. The molecule has 0 aliphatic heterocycles. The highest BCUT2D eigenvalue weighted by molar-refractivity contribution is 6.32. The molecule has 1 atom stereocenters. The first-order chi connectivity index (χ1) is 7.01. The Morgan fingerprint density at radius 3 is 2.53 bits per heavy atom. The van der Waals surface area contributed by atoms with Gasteiger partial charge in [-0.25, -0.2) is 0 Å². The lowest BCUT2D eigenvalue weighted by Crippen LogP contribution is -2.31. The van der Waals surface area contributed by atoms with Gasteiger partial charge in [-0.3, -0.25) is 0 Å². The Balaban J connectivity index is 3.01. The lowest BCUT2D eigenvalue weighted by molar-refractivity contribution is 0.340. The molecule has 0 amide bonds. The van der Waals surface area contributed by atoms with E-state index in [-0.39, 0.29) is 5.54 Å². The van der Waals surface area contributed by atoms with E-state index >= 15 is 0 Å². The van der Waals surface area contributed by atoms with Gasteiger partial charge in [0.15, 0.2) is 0 Å². The van der Waals surface area contributed by atoms with E-state index in [1.807, 2.05) is 32.0 Å². The van der Waals surface area contributed by atoms with Gasteiger partial charge in [0.1, 0.15) is 5.75 Å². The van der Waals surface area contributed by atoms with Crippen molar-refractivity contribution in [3.63, 3.8) is 0 Å². The molecule has 0 aliphatic carbocycles. The van der Waals surface area contributed by atoms with Crippen LogP contribution in [0.3, 0.4) is 0 Å². The van der Waals surface area contributed by atoms with E-state index in [1.54, 1.807) is 0 Å². The van der Waals surface area contributed by atoms with E-state index < -0.39 is 0 Å². The molecule has 1 aromatic rings. The third-order valence-corrected chi connectivity index (χ3v) is 2.92. The number of rotatable bonds is 4. The van der Waals surface area contributed by atoms with Gasteiger partial charge >= 0.3 is 0 Å². The SMILES string of the molecule is CCOc1ccc(C(C)(N)CC)cc1Cl. The molecule has 0 aliphatic rings. The van der Waals surface area contributed by atoms with Crippen LogP contribution in [0.1, 0.15) is 32.8 Å². The predicted molar refractivity (Wildman–Crippen MR) is 64.5 cm³/mol. The van der Waals surface area contributed by atoms with Crippen LogP contribution in [0.25, 0.3) is 0 Å². The van der Waals surface area contributed by atoms with E-state index in [0.29, 0.717) is 11.6 Å². The van der Waals surface area contributed by atoms with Gasteiger partial charge in [-0.15, -0.1) is 0 Å². The molecular weight excluding hydrogens is 210 g/mol. The first-order valence-corrected chi connectivity index (χ1v) is 5.60. The summed E-state index contributed by atoms with van der Waals surface area (Å²) in [6, 6.07) is 5.73. The third-order valence-electron chi connectivity index (χ3n) is 2.63. The molecule has 2 nitrogen and oxygen atoms in total. The summed E-state index contributed by atoms with van der Waals surface area (Å²) in [5.41, 5.74) is 6.85. The van der Waals surface area contributed by atoms with Gasteiger partial charge in [0.05, 0.1) is 11.6 Å². The third kappa shape index (κ3) is 2.86. The van der Waals surface area contributed by atoms with Crippen molar-refractivity contribution in [2.75, 3.05) is 6.61 Å². The number of hydrogen-bond donors (Lipinski definition) is 1. The molecule has 0 aromatic heterocycles. The minimum atomic E-state index is -0.325. The van der Waals surface area contributed by atoms with Crippen molar-refractivity contribution in [1.29, 1.82) is 0 Å². The first kappa shape index (κ1) is 12.3. The molecule has 0 radical (unpaired) electrons. The molecule has 84 valence electrons. The van der Waals surface area contributed by atoms with Crippen LogP contribution in [-0.4, -0.2) is 6.61 Å². The van der Waals surface area contributed by atoms with Crippen molar-refractivity contribution in [2.45, 2.75) is 32.7 Å². The zero-order valence-corrected chi connectivity index (χ0v) is 10.3. The Morgan fingerprint density at radius 2 is 2.07 bits per heavy atom. The molecule has 15 heavy (non-hydrogen) atoms. The number of benzene rings is 1. The summed E-state index contributed by atoms with van der Waals surface area (Å²) in [7, 11) is 0. The largest absolute Gasteiger partial charge is 0.492 e. The summed E-state index contributed by atoms with van der Waals surface area (Å²) >= 11 is 6.09. The summed E-state index contributed by atoms with van der Waals surface area (Å²) in [5, 5.41) is 0.625. The maximum Gasteiger partial charge on any atom is 0.137 e. The van der Waals surface area contributed by atoms with Crippen LogP contribution < -0.4 is 10.5 Å². The fourth-order valence-electron chi connectivity index (χ4n) is 1.33. The molecule has 2 N–H and O–H groups in total. The average molecular weight is 228 g/mol. The van der Waals surface area contributed by atoms with Crippen LogP contribution >= 0.6 is 11.6 Å². The van der Waals surface area contributed by atoms with Crippen molar-refractivity contribution < 1.29 is 4.74 Å². The summed E-state index contributed by atoms with van der Waals surface area (Å²) in [6.07, 6.45) is 0.872. The van der Waals surface area contributed by atoms with Crippen molar-refractivity contribution >= 4 is 11.6 Å². The molecule has 0 fully saturated rings. The van der Waals surface area contributed by atoms with Gasteiger partial charge in [0.2, 0.25) is 0 Å². The molecule has 0 saturated heterocycles. The maximum atomic E-state index is 6.13. The lowest BCUT2D eigenvalue weighted by atomic mass is 9.91. The normalized spacial score (nSPS) is 14.7. The fraction of sp³-hybridized carbons (Fsp3) is 0.500. The highest BCUT2D eigenvalue weighted by Crippen LogP contribution is 2.30. The standard InChI is InChI=1S/C12H18ClNO/c1-4-12(3,14)9-6-7-11(15-5-2)10(13)8-9/h6-8H,4-5,14H2,1-3H3. The van der Waals surface area contributed by atoms with Crippen molar-refractivity contribution in [1.82, 2.24) is 0 Å². The quantitative estimate of drug-likeness (QED) is 0.857. The molecule has 0 heterocycles. The number of ether oxygens (including phenoxy) is 1. The number of nitrogens with two attached hydrogens (primary N) is 1. The van der Waals surface area contributed by atoms with Crippen LogP contribution in [0.4, 0.5) is 0 Å². The predicted octanol–water partition coefficient (Wildman–Crippen LogP) is 3.32. The van der Waals surface area contributed by atoms with Gasteiger partial charge in [-0.1, -0.05) is 24.6 Å². The minimum Gasteiger partial charge on any atom is -0.492 e. The topological polar surface area (TPSA) is 35.2 Å². The highest BCUT2D eigenvalue weighted by Gasteiger charge is 2.19. The monoisotopic (exact) mass is 227 g/mol. The number of halogens is 1. The first-order valence-electron chi connectivity index (χ1n) is 5.23. The molecule has 1 rings (SSSR count). The van der Waals surface area contributed by atoms with E-state index in [4.69, 9.17) is 22.1 Å². The maximum absolute atomic E-state index is 6.13. The van der Waals surface area contributed by atoms with Crippen molar-refractivity contribution in [2.24, 2.45) is 5.73 Å². The van der Waals surface area contributed by atoms with Gasteiger partial charge in [-0.05, 0) is 38.0 Å². The van der Waals surface area contributed by atoms with Crippen LogP contribution in [0.2, 0.25) is 5.02 Å². The lowest BCUT2D eigenvalue weighted by Gasteiger charge is -2.24. The van der Waals surface area contributed by atoms with Crippen LogP contribution in [0.5, 0.6) is 5.75 Å². The average Bonchev–Trinajstić information content (AvgIpc) is 2.21. The van der Waals surface area contributed by atoms with E-state index in [1.165, 1.54) is 0 Å². The molecule has 1 unspecified atom stereocenters. The fourth-order valence-corrected chi connectivity index (χ4v) is 1.57. The molecule has 0 saturated carbocycles. The minimum absolute atomic E-state index is 0.325. The van der Waals surface area contributed by atoms with Gasteiger partial charge in [0, 0.05) is 5.54 Å². The second kappa shape index (κ2) is 4.86. The summed E-state index contributed by atoms with van der Waals surface area (Å²) < 4.78 is 5.37. The molecule has 3 heteroatoms. The van der Waals surface area contributed by atoms with Crippen molar-refractivity contribution in [3.8, 4) is 5.75 Å². The Morgan fingerprint density at radius 1 is 1.40 bits per heavy atom. The van der Waals surface area contributed by atoms with Crippen LogP contribution in [-0.2, 0) is 5.54 Å². The highest BCUT2D eigenvalue weighted by atomic mass is 35.5. The second-order valence-corrected chi connectivity index (χ2v) is 4.26. The van der Waals surface area contributed by atoms with Crippen molar-refractivity contribution in [3.05, 3.63) is 28.8 Å². The van der Waals surface area contributed by atoms with Crippen LogP contribution in [0, 0.1) is 0 Å². The molecule has 0 spiro atoms. The van der Waals surface area contributed by atoms with E-state index in [0.717, 1.165) is 17.7 Å². The Kier molecular flexibility index (Phi) is 4.00. The Bertz CT molecular complexity index is 336. The Labute approximate surface area is 96.4 Å². The van der Waals surface area contributed by atoms with Gasteiger partial charge < -0.3 is 10.5 Å². The summed E-state index contributed by atoms with van der Waals surface area (Å²) in [6.45, 7) is 6.61. The van der Waals surface area contributed by atoms with Crippen LogP contribution in [0.15, 0.2) is 18.2 Å². The van der Waals surface area contributed by atoms with Gasteiger partial charge in [-0.2, -0.15) is 0 Å². The summed E-state index contributed by atoms with van der Waals surface area (Å²) in [4.78, 5) is 0. The second-order valence-electron chi connectivity index (χ2n) is 3.85. The van der Waals surface area contributed by atoms with E-state index in [9.17, 15) is 0 Å². The molecule has 1 aromatic carbocycles. The molecular formula is C12H18ClNO. The molecule has 0 bridgehead atoms. The smallest absolute Gasteiger partial charge is 0.137 e. The van der Waals surface area contributed by atoms with Gasteiger partial charge in [0.25, 0.3) is 0 Å².